The summed E-state index contributed by atoms with van der Waals surface area (Å²) in [6.07, 6.45) is 1.02. The van der Waals surface area contributed by atoms with Gasteiger partial charge in [0, 0.05) is 31.2 Å². The lowest BCUT2D eigenvalue weighted by atomic mass is 9.99. The van der Waals surface area contributed by atoms with Crippen LogP contribution in [-0.2, 0) is 0 Å². The summed E-state index contributed by atoms with van der Waals surface area (Å²) in [7, 11) is 0. The molecule has 2 nitrogen and oxygen atoms in total. The lowest BCUT2D eigenvalue weighted by Gasteiger charge is -2.41. The highest BCUT2D eigenvalue weighted by Gasteiger charge is 2.29. The summed E-state index contributed by atoms with van der Waals surface area (Å²) in [6, 6.07) is 2.49. The second kappa shape index (κ2) is 6.27. The second-order valence-electron chi connectivity index (χ2n) is 5.95. The molecule has 5 heteroatoms. The zero-order valence-electron chi connectivity index (χ0n) is 12.1. The lowest BCUT2D eigenvalue weighted by Crippen LogP contribution is -2.56. The molecule has 112 valence electrons. The standard InChI is InChI=1S/C15H21ClF2N2/c1-9(2)4-12-8-20(10(3)7-19-12)15-13(16)5-11(17)6-14(15)18/h5-6,9-10,12,19H,4,7-8H2,1-3H3. The molecule has 20 heavy (non-hydrogen) atoms. The minimum atomic E-state index is -0.641. The van der Waals surface area contributed by atoms with Crippen molar-refractivity contribution in [2.75, 3.05) is 18.0 Å². The highest BCUT2D eigenvalue weighted by atomic mass is 35.5. The molecule has 2 atom stereocenters. The van der Waals surface area contributed by atoms with E-state index in [0.29, 0.717) is 24.2 Å². The number of piperazine rings is 1. The van der Waals surface area contributed by atoms with E-state index in [4.69, 9.17) is 11.6 Å². The predicted octanol–water partition coefficient (Wildman–Crippen LogP) is 3.83. The minimum absolute atomic E-state index is 0.121. The smallest absolute Gasteiger partial charge is 0.150 e. The molecule has 1 saturated heterocycles. The lowest BCUT2D eigenvalue weighted by molar-refractivity contribution is 0.353. The summed E-state index contributed by atoms with van der Waals surface area (Å²) in [5, 5.41) is 3.61. The van der Waals surface area contributed by atoms with Gasteiger partial charge in [-0.05, 0) is 25.3 Å². The van der Waals surface area contributed by atoms with E-state index in [1.807, 2.05) is 11.8 Å². The largest absolute Gasteiger partial charge is 0.362 e. The molecule has 0 spiro atoms. The Bertz CT molecular complexity index is 456. The summed E-state index contributed by atoms with van der Waals surface area (Å²) < 4.78 is 27.2. The zero-order valence-corrected chi connectivity index (χ0v) is 12.8. The summed E-state index contributed by atoms with van der Waals surface area (Å²) in [5.74, 6) is -0.666. The fraction of sp³-hybridized carbons (Fsp3) is 0.600. The Labute approximate surface area is 124 Å². The fourth-order valence-electron chi connectivity index (χ4n) is 2.78. The van der Waals surface area contributed by atoms with Crippen molar-refractivity contribution in [2.24, 2.45) is 5.92 Å². The van der Waals surface area contributed by atoms with E-state index in [9.17, 15) is 8.78 Å². The van der Waals surface area contributed by atoms with Gasteiger partial charge in [-0.2, -0.15) is 0 Å². The Balaban J connectivity index is 2.25. The summed E-state index contributed by atoms with van der Waals surface area (Å²) in [6.45, 7) is 7.79. The van der Waals surface area contributed by atoms with Crippen molar-refractivity contribution in [2.45, 2.75) is 39.3 Å². The van der Waals surface area contributed by atoms with Gasteiger partial charge in [-0.3, -0.25) is 0 Å². The molecule has 0 saturated carbocycles. The number of anilines is 1. The van der Waals surface area contributed by atoms with Crippen LogP contribution in [0.1, 0.15) is 27.2 Å². The molecule has 1 aliphatic rings. The van der Waals surface area contributed by atoms with Gasteiger partial charge in [-0.1, -0.05) is 25.4 Å². The molecule has 2 rings (SSSR count). The average Bonchev–Trinajstić information content (AvgIpc) is 2.31. The van der Waals surface area contributed by atoms with Crippen molar-refractivity contribution in [1.82, 2.24) is 5.32 Å². The van der Waals surface area contributed by atoms with Crippen LogP contribution in [0.2, 0.25) is 5.02 Å². The number of nitrogens with one attached hydrogen (secondary N) is 1. The van der Waals surface area contributed by atoms with E-state index in [1.54, 1.807) is 0 Å². The maximum Gasteiger partial charge on any atom is 0.150 e. The molecule has 0 aliphatic carbocycles. The van der Waals surface area contributed by atoms with Crippen LogP contribution in [-0.4, -0.2) is 25.2 Å². The molecule has 1 fully saturated rings. The zero-order chi connectivity index (χ0) is 14.9. The van der Waals surface area contributed by atoms with Crippen LogP contribution < -0.4 is 10.2 Å². The minimum Gasteiger partial charge on any atom is -0.362 e. The van der Waals surface area contributed by atoms with Crippen LogP contribution in [0.15, 0.2) is 12.1 Å². The van der Waals surface area contributed by atoms with Crippen molar-refractivity contribution in [3.8, 4) is 0 Å². The van der Waals surface area contributed by atoms with Gasteiger partial charge in [0.05, 0.1) is 10.7 Å². The SMILES string of the molecule is CC(C)CC1CN(c2c(F)cc(F)cc2Cl)C(C)CN1. The van der Waals surface area contributed by atoms with E-state index in [-0.39, 0.29) is 11.1 Å². The molecule has 1 N–H and O–H groups in total. The Kier molecular flexibility index (Phi) is 4.86. The molecular weight excluding hydrogens is 282 g/mol. The Morgan fingerprint density at radius 3 is 2.70 bits per heavy atom. The quantitative estimate of drug-likeness (QED) is 0.913. The van der Waals surface area contributed by atoms with E-state index in [0.717, 1.165) is 19.0 Å². The number of hydrogen-bond acceptors (Lipinski definition) is 2. The number of halogens is 3. The number of benzene rings is 1. The third-order valence-electron chi connectivity index (χ3n) is 3.68. The van der Waals surface area contributed by atoms with Crippen LogP contribution in [0.4, 0.5) is 14.5 Å². The number of rotatable bonds is 3. The van der Waals surface area contributed by atoms with Gasteiger partial charge in [0.1, 0.15) is 5.82 Å². The van der Waals surface area contributed by atoms with Gasteiger partial charge in [0.15, 0.2) is 5.82 Å². The Morgan fingerprint density at radius 1 is 1.40 bits per heavy atom. The first kappa shape index (κ1) is 15.5. The molecule has 0 radical (unpaired) electrons. The fourth-order valence-corrected chi connectivity index (χ4v) is 3.08. The van der Waals surface area contributed by atoms with Crippen molar-refractivity contribution >= 4 is 17.3 Å². The molecule has 1 heterocycles. The summed E-state index contributed by atoms with van der Waals surface area (Å²) in [5.41, 5.74) is 0.316. The van der Waals surface area contributed by atoms with Crippen molar-refractivity contribution in [3.05, 3.63) is 28.8 Å². The summed E-state index contributed by atoms with van der Waals surface area (Å²) in [4.78, 5) is 1.95. The number of hydrogen-bond donors (Lipinski definition) is 1. The molecule has 0 bridgehead atoms. The highest BCUT2D eigenvalue weighted by Crippen LogP contribution is 2.32. The van der Waals surface area contributed by atoms with E-state index < -0.39 is 11.6 Å². The van der Waals surface area contributed by atoms with E-state index >= 15 is 0 Å². The maximum absolute atomic E-state index is 14.1. The highest BCUT2D eigenvalue weighted by molar-refractivity contribution is 6.33. The molecule has 2 unspecified atom stereocenters. The van der Waals surface area contributed by atoms with Crippen LogP contribution in [0.5, 0.6) is 0 Å². The van der Waals surface area contributed by atoms with Crippen molar-refractivity contribution in [3.63, 3.8) is 0 Å². The first-order valence-corrected chi connectivity index (χ1v) is 7.40. The van der Waals surface area contributed by atoms with E-state index in [1.165, 1.54) is 6.07 Å². The van der Waals surface area contributed by atoms with Gasteiger partial charge in [-0.15, -0.1) is 0 Å². The first-order chi connectivity index (χ1) is 9.38. The monoisotopic (exact) mass is 302 g/mol. The van der Waals surface area contributed by atoms with Gasteiger partial charge >= 0.3 is 0 Å². The Hall–Kier alpha value is -0.870. The topological polar surface area (TPSA) is 15.3 Å². The van der Waals surface area contributed by atoms with Crippen LogP contribution in [0.25, 0.3) is 0 Å². The van der Waals surface area contributed by atoms with Gasteiger partial charge in [0.25, 0.3) is 0 Å². The molecule has 1 aromatic carbocycles. The Morgan fingerprint density at radius 2 is 2.10 bits per heavy atom. The third kappa shape index (κ3) is 3.41. The van der Waals surface area contributed by atoms with Crippen LogP contribution >= 0.6 is 11.6 Å². The number of nitrogens with zero attached hydrogens (tertiary/aromatic N) is 1. The molecule has 1 aliphatic heterocycles. The molecule has 0 amide bonds. The van der Waals surface area contributed by atoms with Gasteiger partial charge in [0.2, 0.25) is 0 Å². The van der Waals surface area contributed by atoms with Crippen LogP contribution in [0, 0.1) is 17.6 Å². The third-order valence-corrected chi connectivity index (χ3v) is 3.96. The second-order valence-corrected chi connectivity index (χ2v) is 6.36. The van der Waals surface area contributed by atoms with Crippen molar-refractivity contribution in [1.29, 1.82) is 0 Å². The maximum atomic E-state index is 14.1. The van der Waals surface area contributed by atoms with Gasteiger partial charge < -0.3 is 10.2 Å². The first-order valence-electron chi connectivity index (χ1n) is 7.03. The van der Waals surface area contributed by atoms with Crippen LogP contribution in [0.3, 0.4) is 0 Å². The van der Waals surface area contributed by atoms with E-state index in [2.05, 4.69) is 19.2 Å². The predicted molar refractivity (Wildman–Crippen MR) is 79.4 cm³/mol. The summed E-state index contributed by atoms with van der Waals surface area (Å²) >= 11 is 6.04. The molecular formula is C15H21ClF2N2. The normalized spacial score (nSPS) is 23.4. The molecule has 1 aromatic rings. The molecule has 0 aromatic heterocycles. The van der Waals surface area contributed by atoms with Gasteiger partial charge in [-0.25, -0.2) is 8.78 Å². The van der Waals surface area contributed by atoms with Crippen molar-refractivity contribution < 1.29 is 8.78 Å². The average molecular weight is 303 g/mol.